The lowest BCUT2D eigenvalue weighted by Gasteiger charge is -2.43. The molecule has 2 aromatic rings. The van der Waals surface area contributed by atoms with Gasteiger partial charge in [-0.2, -0.15) is 0 Å². The van der Waals surface area contributed by atoms with Crippen molar-refractivity contribution in [2.45, 2.75) is 84.4 Å². The van der Waals surface area contributed by atoms with E-state index in [0.29, 0.717) is 42.9 Å². The van der Waals surface area contributed by atoms with E-state index in [-0.39, 0.29) is 17.8 Å². The van der Waals surface area contributed by atoms with Crippen LogP contribution in [-0.4, -0.2) is 114 Å². The molecule has 4 N–H and O–H groups in total. The van der Waals surface area contributed by atoms with Gasteiger partial charge in [-0.05, 0) is 90.6 Å². The van der Waals surface area contributed by atoms with E-state index in [1.54, 1.807) is 4.90 Å². The number of piperazine rings is 1. The van der Waals surface area contributed by atoms with Crippen molar-refractivity contribution in [2.24, 2.45) is 5.73 Å². The lowest BCUT2D eigenvalue weighted by molar-refractivity contribution is 0.0206. The molecular weight excluding hydrogens is 582 g/mol. The maximum atomic E-state index is 12.7. The smallest absolute Gasteiger partial charge is 0.410 e. The van der Waals surface area contributed by atoms with Gasteiger partial charge in [0.25, 0.3) is 5.91 Å². The highest BCUT2D eigenvalue weighted by Gasteiger charge is 2.30. The molecule has 1 aromatic heterocycles. The molecule has 0 bridgehead atoms. The predicted molar refractivity (Wildman–Crippen MR) is 183 cm³/mol. The number of primary amides is 1. The number of carbonyl (C=O) groups excluding carboxylic acids is 2. The molecule has 4 heterocycles. The molecular formula is C34H53N9O3. The number of hydrogen-bond acceptors (Lipinski definition) is 10. The first-order valence-electron chi connectivity index (χ1n) is 16.9. The first-order chi connectivity index (χ1) is 21.9. The molecule has 0 radical (unpaired) electrons. The molecule has 12 nitrogen and oxygen atoms in total. The Bertz CT molecular complexity index is 1380. The summed E-state index contributed by atoms with van der Waals surface area (Å²) in [6.45, 7) is 17.6. The van der Waals surface area contributed by atoms with Crippen LogP contribution in [0.3, 0.4) is 0 Å². The number of carbonyl (C=O) groups is 2. The summed E-state index contributed by atoms with van der Waals surface area (Å²) in [6, 6.07) is 6.91. The summed E-state index contributed by atoms with van der Waals surface area (Å²) in [5, 5.41) is 6.84. The van der Waals surface area contributed by atoms with Crippen LogP contribution in [0.4, 0.5) is 27.8 Å². The Hall–Kier alpha value is -3.64. The van der Waals surface area contributed by atoms with E-state index in [9.17, 15) is 9.59 Å². The number of aromatic nitrogens is 2. The Morgan fingerprint density at radius 1 is 1.00 bits per heavy atom. The zero-order chi connectivity index (χ0) is 33.0. The van der Waals surface area contributed by atoms with Crippen LogP contribution < -0.4 is 21.3 Å². The topological polar surface area (TPSA) is 132 Å². The molecule has 12 heteroatoms. The maximum absolute atomic E-state index is 12.7. The summed E-state index contributed by atoms with van der Waals surface area (Å²) in [5.74, 6) is 0.260. The van der Waals surface area contributed by atoms with Gasteiger partial charge in [0.15, 0.2) is 17.3 Å². The molecule has 252 valence electrons. The van der Waals surface area contributed by atoms with E-state index in [2.05, 4.69) is 56.4 Å². The fraction of sp³-hybridized carbons (Fsp3) is 0.647. The fourth-order valence-electron chi connectivity index (χ4n) is 6.76. The van der Waals surface area contributed by atoms with Gasteiger partial charge in [0, 0.05) is 75.8 Å². The van der Waals surface area contributed by atoms with Gasteiger partial charge in [0.05, 0.1) is 5.69 Å². The minimum atomic E-state index is -0.637. The summed E-state index contributed by atoms with van der Waals surface area (Å²) in [7, 11) is 2.21. The number of ether oxygens (including phenoxy) is 1. The van der Waals surface area contributed by atoms with Crippen molar-refractivity contribution in [2.75, 3.05) is 74.9 Å². The zero-order valence-corrected chi connectivity index (χ0v) is 28.6. The standard InChI is InChI=1S/C34H53N9O3/c1-7-27-31(37-25-9-8-14-43(22-25)33(45)46-34(3,4)5)39-32(29(38-27)30(35)44)36-24-10-11-28(23(2)21-24)42-15-12-26(13-16-42)41-19-17-40(6)18-20-41/h10-11,21,25-26H,7-9,12-20,22H2,1-6H3,(H2,35,44)(H2,36,37,39)/t25-/m1/s1. The fourth-order valence-corrected chi connectivity index (χ4v) is 6.76. The second-order valence-electron chi connectivity index (χ2n) is 14.0. The van der Waals surface area contributed by atoms with Crippen LogP contribution >= 0.6 is 0 Å². The highest BCUT2D eigenvalue weighted by Crippen LogP contribution is 2.30. The van der Waals surface area contributed by atoms with Crippen molar-refractivity contribution in [1.29, 1.82) is 0 Å². The van der Waals surface area contributed by atoms with Gasteiger partial charge in [-0.15, -0.1) is 0 Å². The average molecular weight is 636 g/mol. The minimum Gasteiger partial charge on any atom is -0.444 e. The van der Waals surface area contributed by atoms with E-state index >= 15 is 0 Å². The molecule has 1 aromatic carbocycles. The Kier molecular flexibility index (Phi) is 10.6. The third-order valence-electron chi connectivity index (χ3n) is 9.27. The Morgan fingerprint density at radius 3 is 2.35 bits per heavy atom. The largest absolute Gasteiger partial charge is 0.444 e. The van der Waals surface area contributed by atoms with Gasteiger partial charge < -0.3 is 35.8 Å². The van der Waals surface area contributed by atoms with Gasteiger partial charge in [-0.3, -0.25) is 9.69 Å². The third kappa shape index (κ3) is 8.38. The summed E-state index contributed by atoms with van der Waals surface area (Å²) in [6.07, 6.45) is 4.32. The van der Waals surface area contributed by atoms with E-state index in [1.165, 1.54) is 31.6 Å². The Labute approximate surface area is 274 Å². The van der Waals surface area contributed by atoms with Crippen LogP contribution in [-0.2, 0) is 11.2 Å². The van der Waals surface area contributed by atoms with Crippen molar-refractivity contribution in [3.63, 3.8) is 0 Å². The normalized spacial score (nSPS) is 20.4. The van der Waals surface area contributed by atoms with Gasteiger partial charge in [0.1, 0.15) is 5.60 Å². The maximum Gasteiger partial charge on any atom is 0.410 e. The van der Waals surface area contributed by atoms with Crippen molar-refractivity contribution in [3.8, 4) is 0 Å². The highest BCUT2D eigenvalue weighted by atomic mass is 16.6. The zero-order valence-electron chi connectivity index (χ0n) is 28.6. The third-order valence-corrected chi connectivity index (χ3v) is 9.27. The molecule has 0 unspecified atom stereocenters. The van der Waals surface area contributed by atoms with E-state index in [4.69, 9.17) is 15.5 Å². The quantitative estimate of drug-likeness (QED) is 0.388. The van der Waals surface area contributed by atoms with Crippen LogP contribution in [0.25, 0.3) is 0 Å². The van der Waals surface area contributed by atoms with Gasteiger partial charge in [-0.1, -0.05) is 6.92 Å². The number of amides is 2. The highest BCUT2D eigenvalue weighted by molar-refractivity contribution is 5.96. The molecule has 2 amide bonds. The predicted octanol–water partition coefficient (Wildman–Crippen LogP) is 4.22. The van der Waals surface area contributed by atoms with Crippen molar-refractivity contribution in [3.05, 3.63) is 35.2 Å². The number of likely N-dealkylation sites (tertiary alicyclic amines) is 1. The number of hydrogen-bond donors (Lipinski definition) is 3. The molecule has 46 heavy (non-hydrogen) atoms. The first kappa shape index (κ1) is 33.7. The van der Waals surface area contributed by atoms with Crippen LogP contribution in [0.15, 0.2) is 18.2 Å². The molecule has 3 aliphatic heterocycles. The molecule has 3 fully saturated rings. The minimum absolute atomic E-state index is 0.0323. The van der Waals surface area contributed by atoms with Crippen LogP contribution in [0.5, 0.6) is 0 Å². The Balaban J connectivity index is 1.27. The van der Waals surface area contributed by atoms with Gasteiger partial charge in [-0.25, -0.2) is 14.8 Å². The van der Waals surface area contributed by atoms with E-state index in [1.807, 2.05) is 33.8 Å². The number of piperidine rings is 2. The Morgan fingerprint density at radius 2 is 1.72 bits per heavy atom. The summed E-state index contributed by atoms with van der Waals surface area (Å²) in [5.41, 5.74) is 9.19. The summed E-state index contributed by atoms with van der Waals surface area (Å²) >= 11 is 0. The van der Waals surface area contributed by atoms with Crippen LogP contribution in [0.2, 0.25) is 0 Å². The van der Waals surface area contributed by atoms with Crippen molar-refractivity contribution >= 4 is 35.0 Å². The molecule has 1 atom stereocenters. The lowest BCUT2D eigenvalue weighted by Crippen LogP contribution is -2.52. The molecule has 3 saturated heterocycles. The van der Waals surface area contributed by atoms with Crippen LogP contribution in [0.1, 0.15) is 75.1 Å². The summed E-state index contributed by atoms with van der Waals surface area (Å²) in [4.78, 5) is 44.0. The number of aryl methyl sites for hydroxylation is 2. The molecule has 3 aliphatic rings. The average Bonchev–Trinajstić information content (AvgIpc) is 3.01. The lowest BCUT2D eigenvalue weighted by atomic mass is 10.0. The number of nitrogens with one attached hydrogen (secondary N) is 2. The molecule has 0 saturated carbocycles. The van der Waals surface area contributed by atoms with E-state index in [0.717, 1.165) is 50.3 Å². The van der Waals surface area contributed by atoms with Crippen molar-refractivity contribution < 1.29 is 14.3 Å². The number of anilines is 4. The number of rotatable bonds is 8. The van der Waals surface area contributed by atoms with Gasteiger partial charge in [0.2, 0.25) is 0 Å². The molecule has 5 rings (SSSR count). The van der Waals surface area contributed by atoms with Crippen LogP contribution in [0, 0.1) is 6.92 Å². The first-order valence-corrected chi connectivity index (χ1v) is 16.9. The number of nitrogens with two attached hydrogens (primary N) is 1. The SMILES string of the molecule is CCc1nc(C(N)=O)c(Nc2ccc(N3CCC(N4CCN(C)CC4)CC3)c(C)c2)nc1N[C@@H]1CCCN(C(=O)OC(C)(C)C)C1. The second kappa shape index (κ2) is 14.4. The molecule has 0 aliphatic carbocycles. The monoisotopic (exact) mass is 635 g/mol. The summed E-state index contributed by atoms with van der Waals surface area (Å²) < 4.78 is 5.60. The van der Waals surface area contributed by atoms with Gasteiger partial charge >= 0.3 is 6.09 Å². The number of benzene rings is 1. The number of likely N-dealkylation sites (N-methyl/N-ethyl adjacent to an activating group) is 1. The van der Waals surface area contributed by atoms with Crippen molar-refractivity contribution in [1.82, 2.24) is 24.7 Å². The second-order valence-corrected chi connectivity index (χ2v) is 14.0. The number of nitrogens with zero attached hydrogens (tertiary/aromatic N) is 6. The van der Waals surface area contributed by atoms with E-state index < -0.39 is 11.5 Å². The molecule has 0 spiro atoms.